The maximum Gasteiger partial charge on any atom is 0.266 e. The standard InChI is InChI=1S/C18H20ClF2N3OS/c1-2-23(17(25)10-12-26-11-6-9-16(20)21)15-13-24(22-18(15)19)14-7-4-3-5-8-14/h3-5,7-9,13H,2,6,10-12H2,1H3. The predicted octanol–water partition coefficient (Wildman–Crippen LogP) is 5.17. The number of carbonyl (C=O) groups is 1. The Bertz CT molecular complexity index is 748. The molecule has 0 atom stereocenters. The van der Waals surface area contributed by atoms with E-state index in [0.717, 1.165) is 11.8 Å². The third-order valence-corrected chi connectivity index (χ3v) is 4.89. The van der Waals surface area contributed by atoms with Crippen molar-refractivity contribution in [3.8, 4) is 5.69 Å². The normalized spacial score (nSPS) is 10.6. The van der Waals surface area contributed by atoms with Crippen molar-refractivity contribution in [3.05, 3.63) is 53.8 Å². The molecule has 1 amide bonds. The van der Waals surface area contributed by atoms with Crippen LogP contribution in [0.4, 0.5) is 14.5 Å². The van der Waals surface area contributed by atoms with Gasteiger partial charge in [-0.25, -0.2) is 4.68 Å². The van der Waals surface area contributed by atoms with Crippen LogP contribution in [0, 0.1) is 0 Å². The smallest absolute Gasteiger partial charge is 0.266 e. The molecule has 2 rings (SSSR count). The fraction of sp³-hybridized carbons (Fsp3) is 0.333. The van der Waals surface area contributed by atoms with Crippen LogP contribution >= 0.6 is 23.4 Å². The first-order valence-electron chi connectivity index (χ1n) is 8.22. The molecular formula is C18H20ClF2N3OS. The van der Waals surface area contributed by atoms with Gasteiger partial charge in [0.1, 0.15) is 5.69 Å². The topological polar surface area (TPSA) is 38.1 Å². The Hall–Kier alpha value is -1.86. The first-order valence-corrected chi connectivity index (χ1v) is 9.76. The zero-order valence-electron chi connectivity index (χ0n) is 14.4. The molecule has 0 aliphatic rings. The second-order valence-electron chi connectivity index (χ2n) is 5.37. The lowest BCUT2D eigenvalue weighted by molar-refractivity contribution is -0.118. The lowest BCUT2D eigenvalue weighted by Crippen LogP contribution is -2.30. The summed E-state index contributed by atoms with van der Waals surface area (Å²) < 4.78 is 25.5. The number of thioether (sulfide) groups is 1. The number of hydrogen-bond donors (Lipinski definition) is 0. The van der Waals surface area contributed by atoms with E-state index in [1.54, 1.807) is 15.8 Å². The van der Waals surface area contributed by atoms with Crippen molar-refractivity contribution in [3.63, 3.8) is 0 Å². The van der Waals surface area contributed by atoms with Crippen LogP contribution in [-0.2, 0) is 4.79 Å². The number of halogens is 3. The van der Waals surface area contributed by atoms with Crippen LogP contribution < -0.4 is 4.90 Å². The monoisotopic (exact) mass is 399 g/mol. The average molecular weight is 400 g/mol. The van der Waals surface area contributed by atoms with E-state index < -0.39 is 6.08 Å². The highest BCUT2D eigenvalue weighted by Crippen LogP contribution is 2.26. The van der Waals surface area contributed by atoms with E-state index in [4.69, 9.17) is 11.6 Å². The Morgan fingerprint density at radius 2 is 2.04 bits per heavy atom. The molecule has 0 spiro atoms. The van der Waals surface area contributed by atoms with Gasteiger partial charge in [0.05, 0.1) is 11.9 Å². The van der Waals surface area contributed by atoms with Gasteiger partial charge in [-0.1, -0.05) is 29.8 Å². The van der Waals surface area contributed by atoms with Crippen LogP contribution in [0.3, 0.4) is 0 Å². The van der Waals surface area contributed by atoms with E-state index in [1.807, 2.05) is 37.3 Å². The van der Waals surface area contributed by atoms with Gasteiger partial charge in [-0.2, -0.15) is 25.6 Å². The first-order chi connectivity index (χ1) is 12.5. The fourth-order valence-electron chi connectivity index (χ4n) is 2.37. The molecule has 1 aromatic carbocycles. The summed E-state index contributed by atoms with van der Waals surface area (Å²) in [5.74, 6) is 1.06. The molecule has 0 fully saturated rings. The summed E-state index contributed by atoms with van der Waals surface area (Å²) in [4.78, 5) is 14.1. The summed E-state index contributed by atoms with van der Waals surface area (Å²) >= 11 is 7.71. The molecule has 1 heterocycles. The summed E-state index contributed by atoms with van der Waals surface area (Å²) in [5, 5.41) is 4.54. The van der Waals surface area contributed by atoms with Gasteiger partial charge in [0.25, 0.3) is 6.08 Å². The third-order valence-electron chi connectivity index (χ3n) is 3.60. The largest absolute Gasteiger partial charge is 0.308 e. The van der Waals surface area contributed by atoms with Crippen molar-refractivity contribution in [2.75, 3.05) is 23.0 Å². The molecule has 8 heteroatoms. The molecule has 0 bridgehead atoms. The van der Waals surface area contributed by atoms with Crippen molar-refractivity contribution >= 4 is 35.0 Å². The van der Waals surface area contributed by atoms with Crippen molar-refractivity contribution in [2.45, 2.75) is 19.8 Å². The summed E-state index contributed by atoms with van der Waals surface area (Å²) in [6, 6.07) is 9.50. The molecule has 0 unspecified atom stereocenters. The Kier molecular flexibility index (Phi) is 8.12. The van der Waals surface area contributed by atoms with Crippen LogP contribution in [0.5, 0.6) is 0 Å². The van der Waals surface area contributed by atoms with E-state index in [2.05, 4.69) is 5.10 Å². The highest BCUT2D eigenvalue weighted by Gasteiger charge is 2.19. The molecule has 0 aliphatic carbocycles. The van der Waals surface area contributed by atoms with Gasteiger partial charge in [0.15, 0.2) is 5.15 Å². The van der Waals surface area contributed by atoms with Gasteiger partial charge < -0.3 is 4.90 Å². The predicted molar refractivity (Wildman–Crippen MR) is 103 cm³/mol. The number of para-hydroxylation sites is 1. The Morgan fingerprint density at radius 3 is 2.69 bits per heavy atom. The molecule has 4 nitrogen and oxygen atoms in total. The number of aromatic nitrogens is 2. The SMILES string of the molecule is CCN(C(=O)CCSCCC=C(F)F)c1cn(-c2ccccc2)nc1Cl. The van der Waals surface area contributed by atoms with Crippen molar-refractivity contribution in [1.29, 1.82) is 0 Å². The van der Waals surface area contributed by atoms with Gasteiger partial charge in [-0.15, -0.1) is 0 Å². The van der Waals surface area contributed by atoms with Crippen LogP contribution in [0.15, 0.2) is 48.7 Å². The number of allylic oxidation sites excluding steroid dienone is 1. The molecule has 0 saturated heterocycles. The van der Waals surface area contributed by atoms with E-state index >= 15 is 0 Å². The molecule has 26 heavy (non-hydrogen) atoms. The first kappa shape index (κ1) is 20.5. The van der Waals surface area contributed by atoms with Crippen LogP contribution in [0.1, 0.15) is 19.8 Å². The quantitative estimate of drug-likeness (QED) is 0.546. The second-order valence-corrected chi connectivity index (χ2v) is 6.95. The van der Waals surface area contributed by atoms with Crippen molar-refractivity contribution < 1.29 is 13.6 Å². The number of amides is 1. The van der Waals surface area contributed by atoms with Crippen molar-refractivity contribution in [1.82, 2.24) is 9.78 Å². The van der Waals surface area contributed by atoms with Crippen molar-refractivity contribution in [2.24, 2.45) is 0 Å². The van der Waals surface area contributed by atoms with Gasteiger partial charge in [-0.3, -0.25) is 4.79 Å². The zero-order chi connectivity index (χ0) is 18.9. The minimum absolute atomic E-state index is 0.0678. The highest BCUT2D eigenvalue weighted by molar-refractivity contribution is 7.99. The molecule has 0 radical (unpaired) electrons. The number of hydrogen-bond acceptors (Lipinski definition) is 3. The minimum atomic E-state index is -1.66. The van der Waals surface area contributed by atoms with Crippen LogP contribution in [0.25, 0.3) is 5.69 Å². The van der Waals surface area contributed by atoms with Gasteiger partial charge in [0.2, 0.25) is 5.91 Å². The van der Waals surface area contributed by atoms with Gasteiger partial charge >= 0.3 is 0 Å². The van der Waals surface area contributed by atoms with E-state index in [1.165, 1.54) is 11.8 Å². The summed E-state index contributed by atoms with van der Waals surface area (Å²) in [7, 11) is 0. The van der Waals surface area contributed by atoms with Crippen LogP contribution in [-0.4, -0.2) is 33.7 Å². The summed E-state index contributed by atoms with van der Waals surface area (Å²) in [6.07, 6.45) is 1.58. The Morgan fingerprint density at radius 1 is 1.31 bits per heavy atom. The van der Waals surface area contributed by atoms with E-state index in [0.29, 0.717) is 36.6 Å². The zero-order valence-corrected chi connectivity index (χ0v) is 15.9. The van der Waals surface area contributed by atoms with Gasteiger partial charge in [-0.05, 0) is 37.3 Å². The summed E-state index contributed by atoms with van der Waals surface area (Å²) in [6.45, 7) is 2.34. The number of rotatable bonds is 9. The lowest BCUT2D eigenvalue weighted by Gasteiger charge is -2.19. The molecule has 0 saturated carbocycles. The van der Waals surface area contributed by atoms with Crippen LogP contribution in [0.2, 0.25) is 5.15 Å². The molecular weight excluding hydrogens is 380 g/mol. The molecule has 1 aromatic heterocycles. The average Bonchev–Trinajstić information content (AvgIpc) is 3.01. The van der Waals surface area contributed by atoms with E-state index in [9.17, 15) is 13.6 Å². The second kappa shape index (κ2) is 10.3. The van der Waals surface area contributed by atoms with E-state index in [-0.39, 0.29) is 11.1 Å². The molecule has 0 aliphatic heterocycles. The van der Waals surface area contributed by atoms with Gasteiger partial charge in [0, 0.05) is 18.7 Å². The number of nitrogens with zero attached hydrogens (tertiary/aromatic N) is 3. The summed E-state index contributed by atoms with van der Waals surface area (Å²) in [5.41, 5.74) is 1.42. The fourth-order valence-corrected chi connectivity index (χ4v) is 3.41. The maximum atomic E-state index is 12.5. The maximum absolute atomic E-state index is 12.5. The molecule has 0 N–H and O–H groups in total. The number of carbonyl (C=O) groups excluding carboxylic acids is 1. The lowest BCUT2D eigenvalue weighted by atomic mass is 10.3. The Balaban J connectivity index is 1.96. The Labute approximate surface area is 160 Å². The molecule has 2 aromatic rings. The number of benzene rings is 1. The molecule has 140 valence electrons. The third kappa shape index (κ3) is 5.85. The number of anilines is 1. The minimum Gasteiger partial charge on any atom is -0.308 e. The highest BCUT2D eigenvalue weighted by atomic mass is 35.5.